The van der Waals surface area contributed by atoms with Gasteiger partial charge in [0.2, 0.25) is 0 Å². The molecule has 0 saturated carbocycles. The average Bonchev–Trinajstić information content (AvgIpc) is 2.36. The van der Waals surface area contributed by atoms with E-state index in [1.165, 1.54) is 12.1 Å². The molecule has 0 aliphatic rings. The van der Waals surface area contributed by atoms with Crippen LogP contribution in [-0.2, 0) is 0 Å². The van der Waals surface area contributed by atoms with Crippen LogP contribution in [0.5, 0.6) is 5.75 Å². The third-order valence-electron chi connectivity index (χ3n) is 2.59. The van der Waals surface area contributed by atoms with Gasteiger partial charge in [0, 0.05) is 16.2 Å². The summed E-state index contributed by atoms with van der Waals surface area (Å²) in [6.45, 7) is 3.88. The molecule has 0 radical (unpaired) electrons. The zero-order valence-corrected chi connectivity index (χ0v) is 12.9. The first-order chi connectivity index (χ1) is 9.45. The number of ether oxygens (including phenoxy) is 1. The summed E-state index contributed by atoms with van der Waals surface area (Å²) < 4.78 is 19.3. The van der Waals surface area contributed by atoms with Crippen LogP contribution < -0.4 is 15.8 Å². The normalized spacial score (nSPS) is 10.7. The van der Waals surface area contributed by atoms with E-state index in [0.29, 0.717) is 15.9 Å². The molecule has 0 heterocycles. The van der Waals surface area contributed by atoms with Crippen LogP contribution in [0.4, 0.5) is 21.5 Å². The number of nitrogen functional groups attached to an aromatic ring is 1. The quantitative estimate of drug-likeness (QED) is 0.794. The molecule has 0 bridgehead atoms. The van der Waals surface area contributed by atoms with Crippen LogP contribution >= 0.6 is 15.9 Å². The van der Waals surface area contributed by atoms with Gasteiger partial charge in [-0.25, -0.2) is 4.39 Å². The van der Waals surface area contributed by atoms with E-state index in [2.05, 4.69) is 21.2 Å². The van der Waals surface area contributed by atoms with Gasteiger partial charge in [-0.2, -0.15) is 0 Å². The Morgan fingerprint density at radius 1 is 1.20 bits per heavy atom. The third kappa shape index (κ3) is 3.63. The Hall–Kier alpha value is -1.75. The van der Waals surface area contributed by atoms with Crippen molar-refractivity contribution >= 4 is 33.0 Å². The fourth-order valence-corrected chi connectivity index (χ4v) is 2.16. The summed E-state index contributed by atoms with van der Waals surface area (Å²) in [6, 6.07) is 9.92. The second-order valence-corrected chi connectivity index (χ2v) is 5.52. The van der Waals surface area contributed by atoms with Gasteiger partial charge in [-0.1, -0.05) is 0 Å². The van der Waals surface area contributed by atoms with Crippen molar-refractivity contribution in [1.82, 2.24) is 0 Å². The molecule has 0 fully saturated rings. The lowest BCUT2D eigenvalue weighted by Crippen LogP contribution is -2.07. The van der Waals surface area contributed by atoms with Gasteiger partial charge >= 0.3 is 0 Å². The molecule has 0 unspecified atom stereocenters. The van der Waals surface area contributed by atoms with Crippen molar-refractivity contribution in [1.29, 1.82) is 0 Å². The van der Waals surface area contributed by atoms with Crippen LogP contribution in [0, 0.1) is 5.82 Å². The first kappa shape index (κ1) is 14.7. The lowest BCUT2D eigenvalue weighted by molar-refractivity contribution is 0.244. The molecule has 0 saturated heterocycles. The number of nitrogens with two attached hydrogens (primary N) is 1. The van der Waals surface area contributed by atoms with Crippen molar-refractivity contribution < 1.29 is 9.13 Å². The Morgan fingerprint density at radius 3 is 2.60 bits per heavy atom. The maximum absolute atomic E-state index is 13.1. The second-order valence-electron chi connectivity index (χ2n) is 4.67. The van der Waals surface area contributed by atoms with E-state index < -0.39 is 0 Å². The van der Waals surface area contributed by atoms with Crippen LogP contribution in [-0.4, -0.2) is 6.10 Å². The number of rotatable bonds is 4. The van der Waals surface area contributed by atoms with Crippen molar-refractivity contribution in [2.45, 2.75) is 20.0 Å². The molecule has 3 nitrogen and oxygen atoms in total. The molecule has 0 aliphatic carbocycles. The largest absolute Gasteiger partial charge is 0.489 e. The molecule has 0 spiro atoms. The minimum absolute atomic E-state index is 0.0464. The van der Waals surface area contributed by atoms with E-state index in [1.807, 2.05) is 26.0 Å². The van der Waals surface area contributed by atoms with Gasteiger partial charge in [-0.15, -0.1) is 0 Å². The smallest absolute Gasteiger partial charge is 0.144 e. The molecule has 20 heavy (non-hydrogen) atoms. The van der Waals surface area contributed by atoms with Crippen molar-refractivity contribution in [3.63, 3.8) is 0 Å². The maximum Gasteiger partial charge on any atom is 0.144 e. The monoisotopic (exact) mass is 338 g/mol. The van der Waals surface area contributed by atoms with Gasteiger partial charge in [-0.3, -0.25) is 0 Å². The van der Waals surface area contributed by atoms with E-state index in [-0.39, 0.29) is 11.9 Å². The van der Waals surface area contributed by atoms with Gasteiger partial charge in [0.1, 0.15) is 11.6 Å². The molecule has 3 N–H and O–H groups in total. The zero-order valence-electron chi connectivity index (χ0n) is 11.3. The molecule has 2 aromatic carbocycles. The van der Waals surface area contributed by atoms with Crippen LogP contribution in [0.2, 0.25) is 0 Å². The Labute approximate surface area is 126 Å². The molecule has 0 aromatic heterocycles. The number of anilines is 3. The number of hydrogen-bond donors (Lipinski definition) is 2. The van der Waals surface area contributed by atoms with Gasteiger partial charge in [0.25, 0.3) is 0 Å². The van der Waals surface area contributed by atoms with Crippen LogP contribution in [0.1, 0.15) is 13.8 Å². The molecule has 0 amide bonds. The molecule has 5 heteroatoms. The van der Waals surface area contributed by atoms with Crippen molar-refractivity contribution in [2.75, 3.05) is 11.1 Å². The summed E-state index contributed by atoms with van der Waals surface area (Å²) in [5.74, 6) is 0.340. The van der Waals surface area contributed by atoms with E-state index in [4.69, 9.17) is 10.5 Å². The number of benzene rings is 2. The highest BCUT2D eigenvalue weighted by atomic mass is 79.9. The minimum Gasteiger partial charge on any atom is -0.489 e. The van der Waals surface area contributed by atoms with E-state index in [1.54, 1.807) is 12.1 Å². The highest BCUT2D eigenvalue weighted by Gasteiger charge is 2.07. The summed E-state index contributed by atoms with van der Waals surface area (Å²) in [4.78, 5) is 0. The lowest BCUT2D eigenvalue weighted by Gasteiger charge is -2.15. The fraction of sp³-hybridized carbons (Fsp3) is 0.200. The fourth-order valence-electron chi connectivity index (χ4n) is 1.71. The zero-order chi connectivity index (χ0) is 14.7. The van der Waals surface area contributed by atoms with Crippen molar-refractivity contribution in [3.8, 4) is 5.75 Å². The number of nitrogens with one attached hydrogen (secondary N) is 1. The predicted octanol–water partition coefficient (Wildman–Crippen LogP) is 4.70. The van der Waals surface area contributed by atoms with E-state index in [0.717, 1.165) is 11.4 Å². The summed E-state index contributed by atoms with van der Waals surface area (Å²) in [7, 11) is 0. The summed E-state index contributed by atoms with van der Waals surface area (Å²) in [5.41, 5.74) is 8.05. The van der Waals surface area contributed by atoms with Crippen LogP contribution in [0.25, 0.3) is 0 Å². The topological polar surface area (TPSA) is 47.3 Å². The molecular formula is C15H16BrFN2O. The maximum atomic E-state index is 13.1. The molecule has 0 aliphatic heterocycles. The molecule has 106 valence electrons. The number of halogens is 2. The molecule has 2 rings (SSSR count). The Morgan fingerprint density at radius 2 is 1.95 bits per heavy atom. The SMILES string of the molecule is CC(C)Oc1cc(Nc2ccc(F)cc2Br)ccc1N. The second kappa shape index (κ2) is 6.13. The lowest BCUT2D eigenvalue weighted by atomic mass is 10.2. The number of hydrogen-bond acceptors (Lipinski definition) is 3. The highest BCUT2D eigenvalue weighted by Crippen LogP contribution is 2.31. The highest BCUT2D eigenvalue weighted by molar-refractivity contribution is 9.10. The predicted molar refractivity (Wildman–Crippen MR) is 84.0 cm³/mol. The molecular weight excluding hydrogens is 323 g/mol. The first-order valence-electron chi connectivity index (χ1n) is 6.24. The van der Waals surface area contributed by atoms with Crippen molar-refractivity contribution in [2.24, 2.45) is 0 Å². The summed E-state index contributed by atoms with van der Waals surface area (Å²) in [5, 5.41) is 3.19. The minimum atomic E-state index is -0.288. The summed E-state index contributed by atoms with van der Waals surface area (Å²) >= 11 is 3.32. The van der Waals surface area contributed by atoms with Crippen LogP contribution in [0.3, 0.4) is 0 Å². The average molecular weight is 339 g/mol. The molecule has 0 atom stereocenters. The van der Waals surface area contributed by atoms with E-state index in [9.17, 15) is 4.39 Å². The van der Waals surface area contributed by atoms with Gasteiger partial charge < -0.3 is 15.8 Å². The first-order valence-corrected chi connectivity index (χ1v) is 7.03. The van der Waals surface area contributed by atoms with E-state index >= 15 is 0 Å². The Balaban J connectivity index is 2.25. The van der Waals surface area contributed by atoms with Crippen molar-refractivity contribution in [3.05, 3.63) is 46.7 Å². The van der Waals surface area contributed by atoms with Gasteiger partial charge in [-0.05, 0) is 60.1 Å². The Bertz CT molecular complexity index is 617. The Kier molecular flexibility index (Phi) is 4.49. The van der Waals surface area contributed by atoms with Gasteiger partial charge in [0.05, 0.1) is 17.5 Å². The molecule has 2 aromatic rings. The standard InChI is InChI=1S/C15H16BrFN2O/c1-9(2)20-15-8-11(4-5-13(15)18)19-14-6-3-10(17)7-12(14)16/h3-9,19H,18H2,1-2H3. The van der Waals surface area contributed by atoms with Gasteiger partial charge in [0.15, 0.2) is 0 Å². The summed E-state index contributed by atoms with van der Waals surface area (Å²) in [6.07, 6.45) is 0.0464. The third-order valence-corrected chi connectivity index (χ3v) is 3.24. The van der Waals surface area contributed by atoms with Crippen LogP contribution in [0.15, 0.2) is 40.9 Å².